The van der Waals surface area contributed by atoms with Gasteiger partial charge in [-0.3, -0.25) is 0 Å². The molecule has 1 aliphatic carbocycles. The van der Waals surface area contributed by atoms with E-state index in [-0.39, 0.29) is 0 Å². The monoisotopic (exact) mass is 247 g/mol. The van der Waals surface area contributed by atoms with Gasteiger partial charge in [0.05, 0.1) is 0 Å². The smallest absolute Gasteiger partial charge is 0.125 e. The van der Waals surface area contributed by atoms with Crippen molar-refractivity contribution in [2.75, 3.05) is 7.05 Å². The Balaban J connectivity index is 2.17. The van der Waals surface area contributed by atoms with Crippen molar-refractivity contribution in [2.24, 2.45) is 0 Å². The van der Waals surface area contributed by atoms with Gasteiger partial charge in [0, 0.05) is 6.04 Å². The second-order valence-corrected chi connectivity index (χ2v) is 5.56. The molecule has 0 aromatic heterocycles. The van der Waals surface area contributed by atoms with Crippen molar-refractivity contribution >= 4 is 0 Å². The number of ether oxygens (including phenoxy) is 1. The van der Waals surface area contributed by atoms with Crippen LogP contribution < -0.4 is 10.1 Å². The Morgan fingerprint density at radius 2 is 1.67 bits per heavy atom. The minimum atomic E-state index is 0.323. The van der Waals surface area contributed by atoms with Gasteiger partial charge in [-0.2, -0.15) is 0 Å². The predicted octanol–water partition coefficient (Wildman–Crippen LogP) is 3.52. The lowest BCUT2D eigenvalue weighted by Gasteiger charge is -2.32. The van der Waals surface area contributed by atoms with Crippen LogP contribution in [0.2, 0.25) is 0 Å². The highest BCUT2D eigenvalue weighted by Gasteiger charge is 2.26. The summed E-state index contributed by atoms with van der Waals surface area (Å²) in [5.74, 6) is 1.09. The second-order valence-electron chi connectivity index (χ2n) is 5.56. The highest BCUT2D eigenvalue weighted by molar-refractivity contribution is 5.43. The Kier molecular flexibility index (Phi) is 4.28. The number of hydrogen-bond donors (Lipinski definition) is 1. The van der Waals surface area contributed by atoms with Crippen molar-refractivity contribution in [1.29, 1.82) is 0 Å². The van der Waals surface area contributed by atoms with E-state index < -0.39 is 0 Å². The summed E-state index contributed by atoms with van der Waals surface area (Å²) >= 11 is 0. The van der Waals surface area contributed by atoms with Crippen LogP contribution in [0.4, 0.5) is 0 Å². The van der Waals surface area contributed by atoms with Crippen LogP contribution in [0.5, 0.6) is 5.75 Å². The minimum Gasteiger partial charge on any atom is -0.488 e. The molecular formula is C16H25NO. The number of nitrogens with one attached hydrogen (secondary N) is 1. The molecule has 18 heavy (non-hydrogen) atoms. The van der Waals surface area contributed by atoms with E-state index in [2.05, 4.69) is 38.2 Å². The number of likely N-dealkylation sites (N-methyl/N-ethyl adjacent to an activating group) is 1. The molecular weight excluding hydrogens is 222 g/mol. The minimum absolute atomic E-state index is 0.323. The van der Waals surface area contributed by atoms with Crippen LogP contribution >= 0.6 is 0 Å². The van der Waals surface area contributed by atoms with Crippen molar-refractivity contribution in [2.45, 2.75) is 58.6 Å². The molecule has 2 unspecified atom stereocenters. The summed E-state index contributed by atoms with van der Waals surface area (Å²) in [6.07, 6.45) is 5.32. The Hall–Kier alpha value is -1.02. The maximum absolute atomic E-state index is 6.31. The molecule has 2 atom stereocenters. The van der Waals surface area contributed by atoms with E-state index in [1.165, 1.54) is 36.0 Å². The van der Waals surface area contributed by atoms with Crippen LogP contribution in [0.15, 0.2) is 12.1 Å². The Morgan fingerprint density at radius 1 is 1.06 bits per heavy atom. The van der Waals surface area contributed by atoms with Gasteiger partial charge in [-0.05, 0) is 58.2 Å². The molecule has 0 radical (unpaired) electrons. The molecule has 0 aliphatic heterocycles. The first-order valence-electron chi connectivity index (χ1n) is 7.03. The summed E-state index contributed by atoms with van der Waals surface area (Å²) in [5, 5.41) is 3.40. The van der Waals surface area contributed by atoms with Gasteiger partial charge in [-0.15, -0.1) is 0 Å². The van der Waals surface area contributed by atoms with E-state index in [4.69, 9.17) is 4.74 Å². The molecule has 2 rings (SSSR count). The van der Waals surface area contributed by atoms with E-state index in [1.807, 2.05) is 7.05 Å². The first-order valence-corrected chi connectivity index (χ1v) is 7.03. The summed E-state index contributed by atoms with van der Waals surface area (Å²) in [5.41, 5.74) is 3.83. The summed E-state index contributed by atoms with van der Waals surface area (Å²) < 4.78 is 6.31. The second kappa shape index (κ2) is 5.75. The summed E-state index contributed by atoms with van der Waals surface area (Å²) in [6, 6.07) is 4.91. The molecule has 2 heteroatoms. The molecule has 1 aromatic rings. The van der Waals surface area contributed by atoms with Gasteiger partial charge in [0.1, 0.15) is 11.9 Å². The zero-order chi connectivity index (χ0) is 13.1. The number of aryl methyl sites for hydroxylation is 3. The first-order chi connectivity index (χ1) is 8.61. The largest absolute Gasteiger partial charge is 0.488 e. The van der Waals surface area contributed by atoms with Crippen molar-refractivity contribution in [1.82, 2.24) is 5.32 Å². The fourth-order valence-corrected chi connectivity index (χ4v) is 3.07. The highest BCUT2D eigenvalue weighted by atomic mass is 16.5. The van der Waals surface area contributed by atoms with Crippen molar-refractivity contribution < 1.29 is 4.74 Å². The molecule has 0 heterocycles. The molecule has 1 saturated carbocycles. The summed E-state index contributed by atoms with van der Waals surface area (Å²) in [4.78, 5) is 0. The lowest BCUT2D eigenvalue weighted by Crippen LogP contribution is -2.43. The first kappa shape index (κ1) is 13.4. The average Bonchev–Trinajstić information content (AvgIpc) is 2.34. The molecule has 1 aliphatic rings. The van der Waals surface area contributed by atoms with E-state index in [9.17, 15) is 0 Å². The van der Waals surface area contributed by atoms with Gasteiger partial charge < -0.3 is 10.1 Å². The van der Waals surface area contributed by atoms with Gasteiger partial charge in [0.2, 0.25) is 0 Å². The van der Waals surface area contributed by atoms with Gasteiger partial charge in [0.25, 0.3) is 0 Å². The Labute approximate surface area is 111 Å². The van der Waals surface area contributed by atoms with Crippen LogP contribution in [0.25, 0.3) is 0 Å². The van der Waals surface area contributed by atoms with E-state index in [0.29, 0.717) is 12.1 Å². The standard InChI is InChI=1S/C16H25NO/c1-11-9-12(2)16(13(3)10-11)18-15-8-6-5-7-14(15)17-4/h9-10,14-15,17H,5-8H2,1-4H3. The molecule has 1 aromatic carbocycles. The van der Waals surface area contributed by atoms with Gasteiger partial charge in [0.15, 0.2) is 0 Å². The van der Waals surface area contributed by atoms with Crippen molar-refractivity contribution in [3.05, 3.63) is 28.8 Å². The van der Waals surface area contributed by atoms with Crippen molar-refractivity contribution in [3.8, 4) is 5.75 Å². The zero-order valence-corrected chi connectivity index (χ0v) is 12.0. The van der Waals surface area contributed by atoms with E-state index >= 15 is 0 Å². The summed E-state index contributed by atoms with van der Waals surface area (Å²) in [7, 11) is 2.04. The molecule has 100 valence electrons. The Bertz CT molecular complexity index is 391. The zero-order valence-electron chi connectivity index (χ0n) is 12.0. The van der Waals surface area contributed by atoms with Gasteiger partial charge in [-0.1, -0.05) is 24.1 Å². The number of rotatable bonds is 3. The SMILES string of the molecule is CNC1CCCCC1Oc1c(C)cc(C)cc1C. The number of benzene rings is 1. The van der Waals surface area contributed by atoms with Gasteiger partial charge >= 0.3 is 0 Å². The van der Waals surface area contributed by atoms with Crippen LogP contribution in [0, 0.1) is 20.8 Å². The topological polar surface area (TPSA) is 21.3 Å². The third-order valence-corrected chi connectivity index (χ3v) is 3.95. The lowest BCUT2D eigenvalue weighted by atomic mass is 9.92. The Morgan fingerprint density at radius 3 is 2.28 bits per heavy atom. The van der Waals surface area contributed by atoms with Crippen LogP contribution in [0.3, 0.4) is 0 Å². The molecule has 0 saturated heterocycles. The fraction of sp³-hybridized carbons (Fsp3) is 0.625. The van der Waals surface area contributed by atoms with Crippen LogP contribution in [-0.2, 0) is 0 Å². The molecule has 0 spiro atoms. The van der Waals surface area contributed by atoms with Crippen LogP contribution in [0.1, 0.15) is 42.4 Å². The van der Waals surface area contributed by atoms with Crippen LogP contribution in [-0.4, -0.2) is 19.2 Å². The fourth-order valence-electron chi connectivity index (χ4n) is 3.07. The molecule has 0 bridgehead atoms. The van der Waals surface area contributed by atoms with Gasteiger partial charge in [-0.25, -0.2) is 0 Å². The lowest BCUT2D eigenvalue weighted by molar-refractivity contribution is 0.116. The van der Waals surface area contributed by atoms with E-state index in [0.717, 1.165) is 12.2 Å². The maximum atomic E-state index is 6.31. The predicted molar refractivity (Wildman–Crippen MR) is 76.4 cm³/mol. The molecule has 1 fully saturated rings. The average molecular weight is 247 g/mol. The third kappa shape index (κ3) is 2.86. The highest BCUT2D eigenvalue weighted by Crippen LogP contribution is 2.29. The quantitative estimate of drug-likeness (QED) is 0.882. The summed E-state index contributed by atoms with van der Waals surface area (Å²) in [6.45, 7) is 6.43. The molecule has 0 amide bonds. The molecule has 2 nitrogen and oxygen atoms in total. The number of hydrogen-bond acceptors (Lipinski definition) is 2. The normalized spacial score (nSPS) is 24.0. The third-order valence-electron chi connectivity index (χ3n) is 3.95. The van der Waals surface area contributed by atoms with Crippen molar-refractivity contribution in [3.63, 3.8) is 0 Å². The van der Waals surface area contributed by atoms with E-state index in [1.54, 1.807) is 0 Å². The maximum Gasteiger partial charge on any atom is 0.125 e. The molecule has 1 N–H and O–H groups in total.